The van der Waals surface area contributed by atoms with Crippen LogP contribution in [-0.4, -0.2) is 4.98 Å². The lowest BCUT2D eigenvalue weighted by Crippen LogP contribution is -2.10. The fraction of sp³-hybridized carbons (Fsp3) is 0.250. The Bertz CT molecular complexity index is 518. The first-order chi connectivity index (χ1) is 7.15. The number of anilines is 1. The summed E-state index contributed by atoms with van der Waals surface area (Å²) < 4.78 is 0. The Hall–Kier alpha value is -1.61. The Kier molecular flexibility index (Phi) is 2.32. The van der Waals surface area contributed by atoms with Gasteiger partial charge in [-0.2, -0.15) is 0 Å². The van der Waals surface area contributed by atoms with Gasteiger partial charge in [-0.1, -0.05) is 18.2 Å². The van der Waals surface area contributed by atoms with Crippen LogP contribution in [0.5, 0.6) is 0 Å². The number of para-hydroxylation sites is 1. The summed E-state index contributed by atoms with van der Waals surface area (Å²) in [6.45, 7) is 6.09. The normalized spacial score (nSPS) is 10.7. The monoisotopic (exact) mass is 201 g/mol. The molecule has 3 nitrogen and oxygen atoms in total. The summed E-state index contributed by atoms with van der Waals surface area (Å²) in [6, 6.07) is 6.12. The van der Waals surface area contributed by atoms with Crippen LogP contribution in [0.3, 0.4) is 0 Å². The van der Waals surface area contributed by atoms with Crippen molar-refractivity contribution in [2.45, 2.75) is 20.8 Å². The molecule has 0 unspecified atom stereocenters. The number of nitrogens with two attached hydrogens (primary N) is 1. The van der Waals surface area contributed by atoms with Gasteiger partial charge in [0.25, 0.3) is 0 Å². The molecule has 3 heteroatoms. The van der Waals surface area contributed by atoms with Crippen molar-refractivity contribution >= 4 is 16.6 Å². The second-order valence-electron chi connectivity index (χ2n) is 3.81. The van der Waals surface area contributed by atoms with Gasteiger partial charge in [-0.05, 0) is 31.9 Å². The molecular formula is C12H15N3. The first kappa shape index (κ1) is 9.93. The third-order valence-electron chi connectivity index (χ3n) is 2.85. The largest absolute Gasteiger partial charge is 0.323 e. The molecule has 1 aromatic carbocycles. The number of pyridine rings is 1. The van der Waals surface area contributed by atoms with Gasteiger partial charge in [-0.15, -0.1) is 0 Å². The first-order valence-corrected chi connectivity index (χ1v) is 4.98. The van der Waals surface area contributed by atoms with Gasteiger partial charge >= 0.3 is 0 Å². The SMILES string of the molecule is Cc1nc2c(C)cccc2c(NN)c1C. The number of aryl methyl sites for hydroxylation is 2. The number of hydrogen-bond acceptors (Lipinski definition) is 3. The van der Waals surface area contributed by atoms with E-state index in [2.05, 4.69) is 23.4 Å². The second kappa shape index (κ2) is 3.51. The fourth-order valence-corrected chi connectivity index (χ4v) is 1.83. The zero-order valence-electron chi connectivity index (χ0n) is 9.26. The molecule has 0 aliphatic carbocycles. The number of hydrazine groups is 1. The van der Waals surface area contributed by atoms with E-state index in [-0.39, 0.29) is 0 Å². The van der Waals surface area contributed by atoms with Crippen molar-refractivity contribution in [3.8, 4) is 0 Å². The van der Waals surface area contributed by atoms with E-state index in [0.29, 0.717) is 0 Å². The summed E-state index contributed by atoms with van der Waals surface area (Å²) in [6.07, 6.45) is 0. The summed E-state index contributed by atoms with van der Waals surface area (Å²) in [5.41, 5.74) is 8.06. The second-order valence-corrected chi connectivity index (χ2v) is 3.81. The highest BCUT2D eigenvalue weighted by molar-refractivity contribution is 5.94. The number of benzene rings is 1. The van der Waals surface area contributed by atoms with Gasteiger partial charge in [0.15, 0.2) is 0 Å². The van der Waals surface area contributed by atoms with E-state index < -0.39 is 0 Å². The minimum absolute atomic E-state index is 0.973. The van der Waals surface area contributed by atoms with E-state index in [4.69, 9.17) is 5.84 Å². The smallest absolute Gasteiger partial charge is 0.0755 e. The van der Waals surface area contributed by atoms with Crippen LogP contribution in [0.25, 0.3) is 10.9 Å². The van der Waals surface area contributed by atoms with Gasteiger partial charge in [-0.25, -0.2) is 0 Å². The van der Waals surface area contributed by atoms with Crippen molar-refractivity contribution in [1.29, 1.82) is 0 Å². The summed E-state index contributed by atoms with van der Waals surface area (Å²) in [7, 11) is 0. The van der Waals surface area contributed by atoms with Gasteiger partial charge in [0, 0.05) is 11.1 Å². The van der Waals surface area contributed by atoms with Crippen LogP contribution < -0.4 is 11.3 Å². The van der Waals surface area contributed by atoms with E-state index in [1.165, 1.54) is 5.56 Å². The minimum atomic E-state index is 0.973. The number of nitrogen functional groups attached to an aromatic ring is 1. The van der Waals surface area contributed by atoms with Gasteiger partial charge < -0.3 is 5.43 Å². The van der Waals surface area contributed by atoms with E-state index >= 15 is 0 Å². The minimum Gasteiger partial charge on any atom is -0.323 e. The molecule has 0 radical (unpaired) electrons. The Morgan fingerprint density at radius 3 is 2.60 bits per heavy atom. The molecule has 0 atom stereocenters. The molecule has 0 bridgehead atoms. The van der Waals surface area contributed by atoms with Crippen molar-refractivity contribution in [3.05, 3.63) is 35.0 Å². The summed E-state index contributed by atoms with van der Waals surface area (Å²) in [5, 5.41) is 1.08. The van der Waals surface area contributed by atoms with Crippen LogP contribution in [-0.2, 0) is 0 Å². The number of rotatable bonds is 1. The number of nitrogens with one attached hydrogen (secondary N) is 1. The Morgan fingerprint density at radius 2 is 1.93 bits per heavy atom. The summed E-state index contributed by atoms with van der Waals surface area (Å²) in [4.78, 5) is 4.59. The third-order valence-corrected chi connectivity index (χ3v) is 2.85. The zero-order valence-corrected chi connectivity index (χ0v) is 9.26. The Balaban J connectivity index is 2.94. The molecule has 0 aliphatic heterocycles. The number of hydrogen-bond donors (Lipinski definition) is 2. The van der Waals surface area contributed by atoms with Crippen LogP contribution in [0.15, 0.2) is 18.2 Å². The molecule has 2 rings (SSSR count). The predicted octanol–water partition coefficient (Wildman–Crippen LogP) is 2.45. The molecule has 0 spiro atoms. The molecule has 15 heavy (non-hydrogen) atoms. The lowest BCUT2D eigenvalue weighted by Gasteiger charge is -2.12. The van der Waals surface area contributed by atoms with Crippen LogP contribution in [0.2, 0.25) is 0 Å². The molecule has 0 amide bonds. The highest BCUT2D eigenvalue weighted by atomic mass is 15.2. The number of aromatic nitrogens is 1. The molecule has 1 aromatic heterocycles. The Labute approximate surface area is 89.3 Å². The average molecular weight is 201 g/mol. The predicted molar refractivity (Wildman–Crippen MR) is 63.8 cm³/mol. The van der Waals surface area contributed by atoms with Crippen molar-refractivity contribution in [3.63, 3.8) is 0 Å². The van der Waals surface area contributed by atoms with Crippen molar-refractivity contribution in [2.75, 3.05) is 5.43 Å². The van der Waals surface area contributed by atoms with Crippen molar-refractivity contribution < 1.29 is 0 Å². The maximum Gasteiger partial charge on any atom is 0.0755 e. The highest BCUT2D eigenvalue weighted by Gasteiger charge is 2.08. The van der Waals surface area contributed by atoms with E-state index in [1.807, 2.05) is 26.0 Å². The zero-order chi connectivity index (χ0) is 11.0. The first-order valence-electron chi connectivity index (χ1n) is 4.98. The van der Waals surface area contributed by atoms with Crippen molar-refractivity contribution in [1.82, 2.24) is 4.98 Å². The molecule has 3 N–H and O–H groups in total. The van der Waals surface area contributed by atoms with E-state index in [1.54, 1.807) is 0 Å². The maximum absolute atomic E-state index is 5.56. The highest BCUT2D eigenvalue weighted by Crippen LogP contribution is 2.28. The van der Waals surface area contributed by atoms with Crippen molar-refractivity contribution in [2.24, 2.45) is 5.84 Å². The van der Waals surface area contributed by atoms with Gasteiger partial charge in [0.2, 0.25) is 0 Å². The standard InChI is InChI=1S/C12H15N3/c1-7-5-4-6-10-11(7)14-9(3)8(2)12(10)15-13/h4-6H,13H2,1-3H3,(H,14,15). The third kappa shape index (κ3) is 1.45. The molecular weight excluding hydrogens is 186 g/mol. The molecule has 2 aromatic rings. The maximum atomic E-state index is 5.56. The molecule has 0 fully saturated rings. The van der Waals surface area contributed by atoms with Gasteiger partial charge in [0.05, 0.1) is 11.2 Å². The van der Waals surface area contributed by atoms with Crippen LogP contribution in [0.1, 0.15) is 16.8 Å². The quantitative estimate of drug-likeness (QED) is 0.550. The van der Waals surface area contributed by atoms with Gasteiger partial charge in [0.1, 0.15) is 0 Å². The lowest BCUT2D eigenvalue weighted by molar-refractivity contribution is 1.17. The average Bonchev–Trinajstić information content (AvgIpc) is 2.22. The summed E-state index contributed by atoms with van der Waals surface area (Å²) in [5.74, 6) is 5.56. The number of fused-ring (bicyclic) bond motifs is 1. The van der Waals surface area contributed by atoms with Gasteiger partial charge in [-0.3, -0.25) is 10.8 Å². The van der Waals surface area contributed by atoms with Crippen LogP contribution in [0, 0.1) is 20.8 Å². The van der Waals surface area contributed by atoms with Crippen LogP contribution in [0.4, 0.5) is 5.69 Å². The van der Waals surface area contributed by atoms with E-state index in [9.17, 15) is 0 Å². The molecule has 0 aliphatic rings. The molecule has 0 saturated carbocycles. The Morgan fingerprint density at radius 1 is 1.20 bits per heavy atom. The number of nitrogens with zero attached hydrogens (tertiary/aromatic N) is 1. The molecule has 1 heterocycles. The van der Waals surface area contributed by atoms with E-state index in [0.717, 1.165) is 27.8 Å². The fourth-order valence-electron chi connectivity index (χ4n) is 1.83. The molecule has 0 saturated heterocycles. The topological polar surface area (TPSA) is 50.9 Å². The lowest BCUT2D eigenvalue weighted by atomic mass is 10.0. The summed E-state index contributed by atoms with van der Waals surface area (Å²) >= 11 is 0. The van der Waals surface area contributed by atoms with Crippen LogP contribution >= 0.6 is 0 Å². The molecule has 78 valence electrons.